The summed E-state index contributed by atoms with van der Waals surface area (Å²) >= 11 is 0. The molecular formula is C20H25N3O4S. The van der Waals surface area contributed by atoms with Crippen LogP contribution in [-0.4, -0.2) is 44.3 Å². The van der Waals surface area contributed by atoms with Crippen molar-refractivity contribution >= 4 is 16.1 Å². The van der Waals surface area contributed by atoms with Gasteiger partial charge in [-0.25, -0.2) is 18.2 Å². The molecule has 28 heavy (non-hydrogen) atoms. The first-order valence-corrected chi connectivity index (χ1v) is 10.9. The number of carbonyl (C=O) groups is 1. The zero-order valence-corrected chi connectivity index (χ0v) is 17.2. The molecule has 2 amide bonds. The number of ether oxygens (including phenoxy) is 1. The topological polar surface area (TPSA) is 79.0 Å². The van der Waals surface area contributed by atoms with E-state index in [-0.39, 0.29) is 24.7 Å². The SMILES string of the molecule is COc1ccc(C(C)N2C(=O)N(NS(C)(=O)=O)CC2c2ccc(C)cc2)cc1. The Morgan fingerprint density at radius 1 is 1.11 bits per heavy atom. The predicted octanol–water partition coefficient (Wildman–Crippen LogP) is 3.01. The van der Waals surface area contributed by atoms with Crippen LogP contribution in [0.4, 0.5) is 4.79 Å². The van der Waals surface area contributed by atoms with Gasteiger partial charge in [0, 0.05) is 0 Å². The van der Waals surface area contributed by atoms with Crippen LogP contribution >= 0.6 is 0 Å². The van der Waals surface area contributed by atoms with Gasteiger partial charge in [0.25, 0.3) is 0 Å². The van der Waals surface area contributed by atoms with E-state index in [4.69, 9.17) is 4.74 Å². The Labute approximate surface area is 165 Å². The lowest BCUT2D eigenvalue weighted by Crippen LogP contribution is -2.44. The van der Waals surface area contributed by atoms with E-state index in [0.29, 0.717) is 0 Å². The minimum absolute atomic E-state index is 0.232. The molecule has 1 aliphatic rings. The molecule has 8 heteroatoms. The Morgan fingerprint density at radius 3 is 2.25 bits per heavy atom. The third-order valence-corrected chi connectivity index (χ3v) is 5.45. The Balaban J connectivity index is 1.96. The third-order valence-electron chi connectivity index (χ3n) is 4.90. The number of nitrogens with one attached hydrogen (secondary N) is 1. The highest BCUT2D eigenvalue weighted by molar-refractivity contribution is 7.88. The van der Waals surface area contributed by atoms with Crippen LogP contribution in [0, 0.1) is 6.92 Å². The highest BCUT2D eigenvalue weighted by atomic mass is 32.2. The van der Waals surface area contributed by atoms with Crippen LogP contribution < -0.4 is 9.57 Å². The van der Waals surface area contributed by atoms with E-state index in [9.17, 15) is 13.2 Å². The van der Waals surface area contributed by atoms with Crippen molar-refractivity contribution in [3.05, 3.63) is 65.2 Å². The van der Waals surface area contributed by atoms with Gasteiger partial charge in [-0.3, -0.25) is 0 Å². The fraction of sp³-hybridized carbons (Fsp3) is 0.350. The van der Waals surface area contributed by atoms with Crippen molar-refractivity contribution in [3.8, 4) is 5.75 Å². The van der Waals surface area contributed by atoms with Crippen molar-refractivity contribution in [2.75, 3.05) is 19.9 Å². The summed E-state index contributed by atoms with van der Waals surface area (Å²) in [5.41, 5.74) is 3.01. The molecule has 1 heterocycles. The molecule has 0 radical (unpaired) electrons. The monoisotopic (exact) mass is 403 g/mol. The molecule has 2 aromatic carbocycles. The molecule has 0 aromatic heterocycles. The first-order valence-electron chi connectivity index (χ1n) is 8.97. The Hall–Kier alpha value is -2.58. The van der Waals surface area contributed by atoms with Gasteiger partial charge in [0.2, 0.25) is 10.0 Å². The van der Waals surface area contributed by atoms with E-state index in [2.05, 4.69) is 4.83 Å². The molecule has 0 saturated carbocycles. The number of hydrogen-bond acceptors (Lipinski definition) is 4. The zero-order chi connectivity index (χ0) is 20.5. The number of methoxy groups -OCH3 is 1. The molecule has 150 valence electrons. The maximum Gasteiger partial charge on any atom is 0.336 e. The van der Waals surface area contributed by atoms with Crippen LogP contribution in [0.15, 0.2) is 48.5 Å². The second-order valence-corrected chi connectivity index (χ2v) is 8.77. The summed E-state index contributed by atoms with van der Waals surface area (Å²) in [4.78, 5) is 17.1. The van der Waals surface area contributed by atoms with E-state index in [1.54, 1.807) is 12.0 Å². The third kappa shape index (κ3) is 4.28. The maximum absolute atomic E-state index is 13.1. The van der Waals surface area contributed by atoms with Crippen molar-refractivity contribution in [1.82, 2.24) is 14.7 Å². The molecular weight excluding hydrogens is 378 g/mol. The summed E-state index contributed by atoms with van der Waals surface area (Å²) < 4.78 is 28.6. The second kappa shape index (κ2) is 7.81. The molecule has 1 N–H and O–H groups in total. The minimum Gasteiger partial charge on any atom is -0.497 e. The lowest BCUT2D eigenvalue weighted by atomic mass is 10.0. The molecule has 2 unspecified atom stereocenters. The quantitative estimate of drug-likeness (QED) is 0.804. The molecule has 2 aromatic rings. The van der Waals surface area contributed by atoms with Crippen molar-refractivity contribution in [3.63, 3.8) is 0 Å². The summed E-state index contributed by atoms with van der Waals surface area (Å²) in [7, 11) is -1.96. The number of rotatable bonds is 6. The second-order valence-electron chi connectivity index (χ2n) is 7.04. The lowest BCUT2D eigenvalue weighted by molar-refractivity contribution is 0.166. The average Bonchev–Trinajstić information content (AvgIpc) is 2.96. The Kier molecular flexibility index (Phi) is 5.62. The van der Waals surface area contributed by atoms with Crippen molar-refractivity contribution in [1.29, 1.82) is 0 Å². The van der Waals surface area contributed by atoms with Crippen LogP contribution in [-0.2, 0) is 10.0 Å². The summed E-state index contributed by atoms with van der Waals surface area (Å²) in [6.45, 7) is 4.17. The number of carbonyl (C=O) groups excluding carboxylic acids is 1. The Morgan fingerprint density at radius 2 is 1.71 bits per heavy atom. The lowest BCUT2D eigenvalue weighted by Gasteiger charge is -2.30. The van der Waals surface area contributed by atoms with Crippen LogP contribution in [0.5, 0.6) is 5.75 Å². The first kappa shape index (κ1) is 20.2. The van der Waals surface area contributed by atoms with Crippen molar-refractivity contribution < 1.29 is 17.9 Å². The highest BCUT2D eigenvalue weighted by Gasteiger charge is 2.42. The molecule has 1 aliphatic heterocycles. The van der Waals surface area contributed by atoms with Crippen molar-refractivity contribution in [2.45, 2.75) is 25.9 Å². The predicted molar refractivity (Wildman–Crippen MR) is 107 cm³/mol. The summed E-state index contributed by atoms with van der Waals surface area (Å²) in [6, 6.07) is 14.5. The van der Waals surface area contributed by atoms with E-state index in [1.807, 2.05) is 62.4 Å². The molecule has 0 bridgehead atoms. The van der Waals surface area contributed by atoms with Crippen LogP contribution in [0.1, 0.15) is 35.7 Å². The molecule has 1 saturated heterocycles. The maximum atomic E-state index is 13.1. The molecule has 1 fully saturated rings. The smallest absolute Gasteiger partial charge is 0.336 e. The first-order chi connectivity index (χ1) is 13.2. The van der Waals surface area contributed by atoms with Gasteiger partial charge < -0.3 is 9.64 Å². The fourth-order valence-electron chi connectivity index (χ4n) is 3.42. The molecule has 0 aliphatic carbocycles. The average molecular weight is 404 g/mol. The number of hydrazine groups is 1. The highest BCUT2D eigenvalue weighted by Crippen LogP contribution is 2.37. The van der Waals surface area contributed by atoms with E-state index in [0.717, 1.165) is 28.7 Å². The zero-order valence-electron chi connectivity index (χ0n) is 16.4. The number of amides is 2. The van der Waals surface area contributed by atoms with E-state index in [1.165, 1.54) is 5.01 Å². The molecule has 0 spiro atoms. The minimum atomic E-state index is -3.56. The van der Waals surface area contributed by atoms with Gasteiger partial charge in [-0.05, 0) is 37.1 Å². The number of urea groups is 1. The van der Waals surface area contributed by atoms with Gasteiger partial charge >= 0.3 is 6.03 Å². The number of aryl methyl sites for hydroxylation is 1. The van der Waals surface area contributed by atoms with Crippen molar-refractivity contribution in [2.24, 2.45) is 0 Å². The largest absolute Gasteiger partial charge is 0.497 e. The number of sulfonamides is 1. The van der Waals surface area contributed by atoms with Gasteiger partial charge in [-0.15, -0.1) is 4.83 Å². The summed E-state index contributed by atoms with van der Waals surface area (Å²) in [5.74, 6) is 0.735. The summed E-state index contributed by atoms with van der Waals surface area (Å²) in [6.07, 6.45) is 1.04. The number of hydrogen-bond donors (Lipinski definition) is 1. The van der Waals surface area contributed by atoms with Crippen LogP contribution in [0.3, 0.4) is 0 Å². The number of nitrogens with zero attached hydrogens (tertiary/aromatic N) is 2. The normalized spacial score (nSPS) is 18.4. The van der Waals surface area contributed by atoms with Gasteiger partial charge in [-0.2, -0.15) is 0 Å². The standard InChI is InChI=1S/C20H25N3O4S/c1-14-5-7-17(8-6-14)19-13-22(21-28(4,25)26)20(24)23(19)15(2)16-9-11-18(27-3)12-10-16/h5-12,15,19,21H,13H2,1-4H3. The number of benzene rings is 2. The van der Waals surface area contributed by atoms with E-state index < -0.39 is 10.0 Å². The van der Waals surface area contributed by atoms with Gasteiger partial charge in [0.05, 0.1) is 32.0 Å². The van der Waals surface area contributed by atoms with Gasteiger partial charge in [0.1, 0.15) is 5.75 Å². The van der Waals surface area contributed by atoms with E-state index >= 15 is 0 Å². The molecule has 7 nitrogen and oxygen atoms in total. The summed E-state index contributed by atoms with van der Waals surface area (Å²) in [5, 5.41) is 1.17. The molecule has 2 atom stereocenters. The van der Waals surface area contributed by atoms with Gasteiger partial charge in [0.15, 0.2) is 0 Å². The van der Waals surface area contributed by atoms with Crippen LogP contribution in [0.2, 0.25) is 0 Å². The Bertz CT molecular complexity index is 942. The fourth-order valence-corrected chi connectivity index (χ4v) is 3.97. The van der Waals surface area contributed by atoms with Gasteiger partial charge in [-0.1, -0.05) is 42.0 Å². The van der Waals surface area contributed by atoms with Crippen LogP contribution in [0.25, 0.3) is 0 Å². The molecule has 3 rings (SSSR count).